The van der Waals surface area contributed by atoms with E-state index in [9.17, 15) is 14.4 Å². The highest BCUT2D eigenvalue weighted by Gasteiger charge is 2.32. The SMILES string of the molecule is CCOC(=O)[C@@H](C)n1cnc2c1c(=O)n(C1CC1)c(=O)n2-c1ccccc1C. The molecular weight excluding hydrogens is 360 g/mol. The standard InChI is InChI=1S/C20H22N4O4/c1-4-28-19(26)13(3)22-11-21-17-16(22)18(25)23(14-9-10-14)20(27)24(17)15-8-6-5-7-12(15)2/h5-8,11,13-14H,4,9-10H2,1-3H3/t13-/m1/s1. The van der Waals surface area contributed by atoms with Gasteiger partial charge in [0.2, 0.25) is 0 Å². The lowest BCUT2D eigenvalue weighted by atomic mass is 10.2. The third kappa shape index (κ3) is 2.76. The Kier molecular flexibility index (Phi) is 4.41. The first-order valence-corrected chi connectivity index (χ1v) is 9.42. The van der Waals surface area contributed by atoms with Crippen LogP contribution in [-0.4, -0.2) is 31.3 Å². The van der Waals surface area contributed by atoms with Crippen LogP contribution in [0.4, 0.5) is 0 Å². The van der Waals surface area contributed by atoms with E-state index in [1.54, 1.807) is 13.8 Å². The van der Waals surface area contributed by atoms with Crippen molar-refractivity contribution in [2.75, 3.05) is 6.61 Å². The molecule has 1 atom stereocenters. The number of hydrogen-bond acceptors (Lipinski definition) is 5. The van der Waals surface area contributed by atoms with Gasteiger partial charge in [0, 0.05) is 6.04 Å². The molecule has 0 unspecified atom stereocenters. The smallest absolute Gasteiger partial charge is 0.337 e. The van der Waals surface area contributed by atoms with Gasteiger partial charge in [-0.25, -0.2) is 19.1 Å². The molecule has 2 heterocycles. The summed E-state index contributed by atoms with van der Waals surface area (Å²) >= 11 is 0. The Balaban J connectivity index is 2.06. The number of rotatable bonds is 5. The van der Waals surface area contributed by atoms with Crippen LogP contribution < -0.4 is 11.2 Å². The van der Waals surface area contributed by atoms with Crippen LogP contribution in [0.5, 0.6) is 0 Å². The molecule has 0 N–H and O–H groups in total. The third-order valence-corrected chi connectivity index (χ3v) is 5.12. The summed E-state index contributed by atoms with van der Waals surface area (Å²) in [5, 5.41) is 0. The summed E-state index contributed by atoms with van der Waals surface area (Å²) in [5.41, 5.74) is 1.22. The minimum absolute atomic E-state index is 0.110. The Bertz CT molecular complexity index is 1180. The van der Waals surface area contributed by atoms with Crippen LogP contribution in [0.2, 0.25) is 0 Å². The molecule has 1 aliphatic rings. The number of esters is 1. The summed E-state index contributed by atoms with van der Waals surface area (Å²) in [5.74, 6) is -0.451. The normalized spacial score (nSPS) is 15.0. The monoisotopic (exact) mass is 382 g/mol. The Morgan fingerprint density at radius 1 is 1.29 bits per heavy atom. The van der Waals surface area contributed by atoms with Crippen LogP contribution in [0.3, 0.4) is 0 Å². The third-order valence-electron chi connectivity index (χ3n) is 5.12. The molecule has 0 aliphatic heterocycles. The fraction of sp³-hybridized carbons (Fsp3) is 0.400. The maximum absolute atomic E-state index is 13.2. The van der Waals surface area contributed by atoms with Gasteiger partial charge in [-0.2, -0.15) is 0 Å². The number of fused-ring (bicyclic) bond motifs is 1. The quantitative estimate of drug-likeness (QED) is 0.631. The number of imidazole rings is 1. The summed E-state index contributed by atoms with van der Waals surface area (Å²) in [6, 6.07) is 6.61. The van der Waals surface area contributed by atoms with Crippen LogP contribution in [0, 0.1) is 6.92 Å². The molecule has 1 aromatic carbocycles. The van der Waals surface area contributed by atoms with Gasteiger partial charge in [-0.1, -0.05) is 18.2 Å². The lowest BCUT2D eigenvalue weighted by Crippen LogP contribution is -2.40. The van der Waals surface area contributed by atoms with E-state index >= 15 is 0 Å². The van der Waals surface area contributed by atoms with E-state index in [0.29, 0.717) is 5.69 Å². The van der Waals surface area contributed by atoms with Crippen molar-refractivity contribution in [2.24, 2.45) is 0 Å². The number of benzene rings is 1. The van der Waals surface area contributed by atoms with E-state index in [-0.39, 0.29) is 23.8 Å². The van der Waals surface area contributed by atoms with Crippen molar-refractivity contribution in [1.29, 1.82) is 0 Å². The number of carbonyl (C=O) groups excluding carboxylic acids is 1. The first-order valence-electron chi connectivity index (χ1n) is 9.42. The van der Waals surface area contributed by atoms with Crippen LogP contribution in [0.1, 0.15) is 44.3 Å². The maximum atomic E-state index is 13.2. The van der Waals surface area contributed by atoms with Crippen LogP contribution in [-0.2, 0) is 9.53 Å². The molecule has 28 heavy (non-hydrogen) atoms. The van der Waals surface area contributed by atoms with Crippen LogP contribution in [0.25, 0.3) is 16.9 Å². The lowest BCUT2D eigenvalue weighted by molar-refractivity contribution is -0.146. The van der Waals surface area contributed by atoms with Crippen LogP contribution >= 0.6 is 0 Å². The molecule has 0 radical (unpaired) electrons. The van der Waals surface area contributed by atoms with Gasteiger partial charge in [-0.15, -0.1) is 0 Å². The van der Waals surface area contributed by atoms with Crippen LogP contribution in [0.15, 0.2) is 40.2 Å². The number of carbonyl (C=O) groups is 1. The summed E-state index contributed by atoms with van der Waals surface area (Å²) in [6.45, 7) is 5.53. The molecule has 4 rings (SSSR count). The number of aromatic nitrogens is 4. The fourth-order valence-corrected chi connectivity index (χ4v) is 3.48. The highest BCUT2D eigenvalue weighted by atomic mass is 16.5. The van der Waals surface area contributed by atoms with Crippen molar-refractivity contribution in [3.05, 3.63) is 57.0 Å². The average Bonchev–Trinajstić information content (AvgIpc) is 3.40. The Morgan fingerprint density at radius 3 is 2.64 bits per heavy atom. The van der Waals surface area contributed by atoms with Crippen molar-refractivity contribution < 1.29 is 9.53 Å². The molecule has 2 aromatic heterocycles. The molecule has 0 amide bonds. The van der Waals surface area contributed by atoms with Gasteiger partial charge in [0.05, 0.1) is 18.6 Å². The predicted molar refractivity (Wildman–Crippen MR) is 104 cm³/mol. The van der Waals surface area contributed by atoms with Crippen molar-refractivity contribution in [3.63, 3.8) is 0 Å². The van der Waals surface area contributed by atoms with Gasteiger partial charge in [-0.05, 0) is 45.2 Å². The van der Waals surface area contributed by atoms with E-state index in [1.165, 1.54) is 20.0 Å². The van der Waals surface area contributed by atoms with E-state index in [1.807, 2.05) is 31.2 Å². The number of hydrogen-bond donors (Lipinski definition) is 0. The molecule has 146 valence electrons. The summed E-state index contributed by atoms with van der Waals surface area (Å²) < 4.78 is 9.37. The van der Waals surface area contributed by atoms with Gasteiger partial charge in [0.15, 0.2) is 11.2 Å². The maximum Gasteiger partial charge on any atom is 0.337 e. The molecule has 8 nitrogen and oxygen atoms in total. The van der Waals surface area contributed by atoms with Crippen molar-refractivity contribution in [2.45, 2.75) is 45.7 Å². The van der Waals surface area contributed by atoms with E-state index in [4.69, 9.17) is 4.74 Å². The Labute approximate surface area is 161 Å². The second kappa shape index (κ2) is 6.78. The van der Waals surface area contributed by atoms with Gasteiger partial charge >= 0.3 is 11.7 Å². The molecule has 8 heteroatoms. The minimum Gasteiger partial charge on any atom is -0.464 e. The second-order valence-electron chi connectivity index (χ2n) is 7.06. The topological polar surface area (TPSA) is 88.1 Å². The fourth-order valence-electron chi connectivity index (χ4n) is 3.48. The number of ether oxygens (including phenoxy) is 1. The van der Waals surface area contributed by atoms with Crippen molar-refractivity contribution in [1.82, 2.24) is 18.7 Å². The molecule has 1 fully saturated rings. The zero-order valence-electron chi connectivity index (χ0n) is 16.1. The number of aryl methyl sites for hydroxylation is 1. The number of para-hydroxylation sites is 1. The largest absolute Gasteiger partial charge is 0.464 e. The molecule has 1 saturated carbocycles. The second-order valence-corrected chi connectivity index (χ2v) is 7.06. The lowest BCUT2D eigenvalue weighted by Gasteiger charge is -2.16. The highest BCUT2D eigenvalue weighted by molar-refractivity contribution is 5.79. The van der Waals surface area contributed by atoms with Gasteiger partial charge in [0.1, 0.15) is 6.04 Å². The van der Waals surface area contributed by atoms with E-state index in [0.717, 1.165) is 18.4 Å². The molecule has 0 bridgehead atoms. The molecule has 0 spiro atoms. The van der Waals surface area contributed by atoms with Gasteiger partial charge in [-0.3, -0.25) is 9.36 Å². The summed E-state index contributed by atoms with van der Waals surface area (Å²) in [6.07, 6.45) is 3.01. The summed E-state index contributed by atoms with van der Waals surface area (Å²) in [4.78, 5) is 43.0. The van der Waals surface area contributed by atoms with Crippen molar-refractivity contribution >= 4 is 17.1 Å². The zero-order chi connectivity index (χ0) is 20.0. The average molecular weight is 382 g/mol. The summed E-state index contributed by atoms with van der Waals surface area (Å²) in [7, 11) is 0. The number of nitrogens with zero attached hydrogens (tertiary/aromatic N) is 4. The molecule has 0 saturated heterocycles. The van der Waals surface area contributed by atoms with Gasteiger partial charge in [0.25, 0.3) is 5.56 Å². The molecular formula is C20H22N4O4. The van der Waals surface area contributed by atoms with Gasteiger partial charge < -0.3 is 9.30 Å². The minimum atomic E-state index is -0.729. The van der Waals surface area contributed by atoms with E-state index in [2.05, 4.69) is 4.98 Å². The Morgan fingerprint density at radius 2 is 2.00 bits per heavy atom. The van der Waals surface area contributed by atoms with E-state index < -0.39 is 23.3 Å². The molecule has 1 aliphatic carbocycles. The highest BCUT2D eigenvalue weighted by Crippen LogP contribution is 2.33. The molecule has 3 aromatic rings. The first kappa shape index (κ1) is 18.2. The first-order chi connectivity index (χ1) is 13.5. The zero-order valence-corrected chi connectivity index (χ0v) is 16.1. The predicted octanol–water partition coefficient (Wildman–Crippen LogP) is 2.12. The Hall–Kier alpha value is -3.16. The van der Waals surface area contributed by atoms with Crippen molar-refractivity contribution in [3.8, 4) is 5.69 Å².